The minimum Gasteiger partial charge on any atom is -0.375 e. The number of likely N-dealkylation sites (N-methyl/N-ethyl adjacent to an activating group) is 1. The number of nitrogens with zero attached hydrogens (tertiary/aromatic N) is 3. The monoisotopic (exact) mass is 335 g/mol. The second kappa shape index (κ2) is 6.21. The van der Waals surface area contributed by atoms with Crippen molar-refractivity contribution >= 4 is 10.0 Å². The van der Waals surface area contributed by atoms with E-state index in [4.69, 9.17) is 10.00 Å². The van der Waals surface area contributed by atoms with E-state index in [0.717, 1.165) is 13.0 Å². The van der Waals surface area contributed by atoms with Crippen LogP contribution in [0.1, 0.15) is 17.5 Å². The van der Waals surface area contributed by atoms with Crippen LogP contribution >= 0.6 is 0 Å². The Kier molecular flexibility index (Phi) is 4.43. The first-order chi connectivity index (χ1) is 10.9. The largest absolute Gasteiger partial charge is 0.375 e. The number of likely N-dealkylation sites (tertiary alicyclic amines) is 1. The van der Waals surface area contributed by atoms with E-state index in [1.54, 1.807) is 29.4 Å². The zero-order chi connectivity index (χ0) is 16.6. The van der Waals surface area contributed by atoms with Gasteiger partial charge in [-0.2, -0.15) is 9.57 Å². The Balaban J connectivity index is 1.96. The highest BCUT2D eigenvalue weighted by atomic mass is 32.2. The van der Waals surface area contributed by atoms with Gasteiger partial charge in [-0.3, -0.25) is 0 Å². The molecule has 2 fully saturated rings. The van der Waals surface area contributed by atoms with E-state index in [9.17, 15) is 8.42 Å². The Morgan fingerprint density at radius 1 is 1.35 bits per heavy atom. The maximum Gasteiger partial charge on any atom is 0.243 e. The number of aryl methyl sites for hydroxylation is 1. The SMILES string of the molecule is Cc1cc(C#N)ccc1S(=O)(=O)N1CCO[C@H]2CCN(C)C[C@H]21. The van der Waals surface area contributed by atoms with Crippen molar-refractivity contribution in [3.8, 4) is 6.07 Å². The molecule has 0 saturated carbocycles. The first-order valence-corrected chi connectivity index (χ1v) is 9.20. The van der Waals surface area contributed by atoms with Crippen LogP contribution in [0.2, 0.25) is 0 Å². The maximum atomic E-state index is 13.1. The van der Waals surface area contributed by atoms with Crippen molar-refractivity contribution in [3.63, 3.8) is 0 Å². The molecule has 0 amide bonds. The fourth-order valence-electron chi connectivity index (χ4n) is 3.43. The molecule has 1 aromatic carbocycles. The normalized spacial score (nSPS) is 26.5. The van der Waals surface area contributed by atoms with Gasteiger partial charge in [0.15, 0.2) is 0 Å². The molecular formula is C16H21N3O3S. The van der Waals surface area contributed by atoms with E-state index < -0.39 is 10.0 Å². The van der Waals surface area contributed by atoms with Crippen molar-refractivity contribution in [1.82, 2.24) is 9.21 Å². The van der Waals surface area contributed by atoms with Gasteiger partial charge in [-0.05, 0) is 44.2 Å². The van der Waals surface area contributed by atoms with Crippen molar-refractivity contribution in [2.75, 3.05) is 33.3 Å². The summed E-state index contributed by atoms with van der Waals surface area (Å²) in [5.41, 5.74) is 1.08. The number of hydrogen-bond donors (Lipinski definition) is 0. The number of piperidine rings is 1. The highest BCUT2D eigenvalue weighted by molar-refractivity contribution is 7.89. The summed E-state index contributed by atoms with van der Waals surface area (Å²) >= 11 is 0. The van der Waals surface area contributed by atoms with Gasteiger partial charge in [-0.15, -0.1) is 0 Å². The van der Waals surface area contributed by atoms with E-state index in [1.165, 1.54) is 0 Å². The molecule has 0 bridgehead atoms. The predicted octanol–water partition coefficient (Wildman–Crippen LogP) is 0.960. The average Bonchev–Trinajstić information content (AvgIpc) is 2.53. The van der Waals surface area contributed by atoms with Crippen LogP contribution in [0.3, 0.4) is 0 Å². The first-order valence-electron chi connectivity index (χ1n) is 7.76. The van der Waals surface area contributed by atoms with Crippen molar-refractivity contribution < 1.29 is 13.2 Å². The Labute approximate surface area is 137 Å². The number of nitriles is 1. The molecule has 7 heteroatoms. The third kappa shape index (κ3) is 3.00. The number of morpholine rings is 1. The van der Waals surface area contributed by atoms with Crippen LogP contribution in [-0.2, 0) is 14.8 Å². The van der Waals surface area contributed by atoms with Gasteiger partial charge in [0, 0.05) is 19.6 Å². The maximum absolute atomic E-state index is 13.1. The molecule has 0 aromatic heterocycles. The zero-order valence-electron chi connectivity index (χ0n) is 13.4. The molecular weight excluding hydrogens is 314 g/mol. The van der Waals surface area contributed by atoms with Gasteiger partial charge in [0.2, 0.25) is 10.0 Å². The molecule has 1 aromatic rings. The molecule has 0 aliphatic carbocycles. The quantitative estimate of drug-likeness (QED) is 0.805. The van der Waals surface area contributed by atoms with E-state index >= 15 is 0 Å². The van der Waals surface area contributed by atoms with Gasteiger partial charge in [-0.1, -0.05) is 0 Å². The van der Waals surface area contributed by atoms with E-state index in [1.807, 2.05) is 13.1 Å². The van der Waals surface area contributed by atoms with E-state index in [-0.39, 0.29) is 17.0 Å². The molecule has 124 valence electrons. The number of hydrogen-bond acceptors (Lipinski definition) is 5. The lowest BCUT2D eigenvalue weighted by Gasteiger charge is -2.45. The summed E-state index contributed by atoms with van der Waals surface area (Å²) in [6.07, 6.45) is 0.813. The van der Waals surface area contributed by atoms with E-state index in [2.05, 4.69) is 4.90 Å². The summed E-state index contributed by atoms with van der Waals surface area (Å²) < 4.78 is 33.6. The van der Waals surface area contributed by atoms with Gasteiger partial charge in [0.1, 0.15) is 0 Å². The minimum absolute atomic E-state index is 0.0339. The molecule has 6 nitrogen and oxygen atoms in total. The molecule has 2 saturated heterocycles. The van der Waals surface area contributed by atoms with Crippen LogP contribution in [0.15, 0.2) is 23.1 Å². The number of ether oxygens (including phenoxy) is 1. The molecule has 0 N–H and O–H groups in total. The summed E-state index contributed by atoms with van der Waals surface area (Å²) in [6.45, 7) is 4.14. The molecule has 0 unspecified atom stereocenters. The topological polar surface area (TPSA) is 73.6 Å². The number of sulfonamides is 1. The second-order valence-corrected chi connectivity index (χ2v) is 8.09. The van der Waals surface area contributed by atoms with Crippen molar-refractivity contribution in [1.29, 1.82) is 5.26 Å². The van der Waals surface area contributed by atoms with Crippen LogP contribution in [0.5, 0.6) is 0 Å². The van der Waals surface area contributed by atoms with Crippen LogP contribution < -0.4 is 0 Å². The molecule has 0 spiro atoms. The van der Waals surface area contributed by atoms with Crippen LogP contribution in [0.25, 0.3) is 0 Å². The third-order valence-corrected chi connectivity index (χ3v) is 6.71. The smallest absolute Gasteiger partial charge is 0.243 e. The van der Waals surface area contributed by atoms with Crippen LogP contribution in [0.4, 0.5) is 0 Å². The molecule has 2 atom stereocenters. The van der Waals surface area contributed by atoms with Gasteiger partial charge in [0.05, 0.1) is 35.3 Å². The zero-order valence-corrected chi connectivity index (χ0v) is 14.2. The summed E-state index contributed by atoms with van der Waals surface area (Å²) in [5.74, 6) is 0. The van der Waals surface area contributed by atoms with Gasteiger partial charge in [-0.25, -0.2) is 8.42 Å². The Morgan fingerprint density at radius 2 is 2.13 bits per heavy atom. The Morgan fingerprint density at radius 3 is 2.83 bits per heavy atom. The van der Waals surface area contributed by atoms with Gasteiger partial charge in [0.25, 0.3) is 0 Å². The number of rotatable bonds is 2. The highest BCUT2D eigenvalue weighted by Crippen LogP contribution is 2.29. The third-order valence-electron chi connectivity index (χ3n) is 4.63. The molecule has 2 heterocycles. The highest BCUT2D eigenvalue weighted by Gasteiger charge is 2.42. The fraction of sp³-hybridized carbons (Fsp3) is 0.562. The fourth-order valence-corrected chi connectivity index (χ4v) is 5.26. The van der Waals surface area contributed by atoms with Gasteiger partial charge >= 0.3 is 0 Å². The summed E-state index contributed by atoms with van der Waals surface area (Å²) in [5, 5.41) is 8.96. The van der Waals surface area contributed by atoms with Gasteiger partial charge < -0.3 is 9.64 Å². The standard InChI is InChI=1S/C16H21N3O3S/c1-12-9-13(10-17)3-4-16(12)23(20,21)19-7-8-22-15-5-6-18(2)11-14(15)19/h3-4,9,14-15H,5-8,11H2,1-2H3/t14-,15+/m1/s1. The van der Waals surface area contributed by atoms with Crippen molar-refractivity contribution in [2.24, 2.45) is 0 Å². The molecule has 3 rings (SSSR count). The van der Waals surface area contributed by atoms with E-state index in [0.29, 0.717) is 30.8 Å². The Hall–Kier alpha value is -1.46. The van der Waals surface area contributed by atoms with Crippen LogP contribution in [0, 0.1) is 18.3 Å². The first kappa shape index (κ1) is 16.4. The molecule has 0 radical (unpaired) electrons. The van der Waals surface area contributed by atoms with Crippen molar-refractivity contribution in [3.05, 3.63) is 29.3 Å². The van der Waals surface area contributed by atoms with Crippen LogP contribution in [-0.4, -0.2) is 63.1 Å². The Bertz CT molecular complexity index is 741. The lowest BCUT2D eigenvalue weighted by atomic mass is 10.0. The lowest BCUT2D eigenvalue weighted by Crippen LogP contribution is -2.60. The average molecular weight is 335 g/mol. The summed E-state index contributed by atoms with van der Waals surface area (Å²) in [7, 11) is -1.59. The lowest BCUT2D eigenvalue weighted by molar-refractivity contribution is -0.0719. The minimum atomic E-state index is -3.59. The molecule has 23 heavy (non-hydrogen) atoms. The molecule has 2 aliphatic rings. The number of fused-ring (bicyclic) bond motifs is 1. The van der Waals surface area contributed by atoms with Crippen molar-refractivity contribution in [2.45, 2.75) is 30.4 Å². The molecule has 2 aliphatic heterocycles. The number of benzene rings is 1. The summed E-state index contributed by atoms with van der Waals surface area (Å²) in [4.78, 5) is 2.43. The second-order valence-electron chi connectivity index (χ2n) is 6.24. The predicted molar refractivity (Wildman–Crippen MR) is 85.4 cm³/mol. The summed E-state index contributed by atoms with van der Waals surface area (Å²) in [6, 6.07) is 6.62.